The van der Waals surface area contributed by atoms with E-state index in [9.17, 15) is 0 Å². The summed E-state index contributed by atoms with van der Waals surface area (Å²) in [6.45, 7) is 0. The zero-order valence-corrected chi connectivity index (χ0v) is 33.1. The number of anilines is 3. The van der Waals surface area contributed by atoms with Gasteiger partial charge in [0, 0.05) is 16.7 Å². The summed E-state index contributed by atoms with van der Waals surface area (Å²) in [5, 5.41) is 2.46. The van der Waals surface area contributed by atoms with Crippen molar-refractivity contribution < 1.29 is 0 Å². The Morgan fingerprint density at radius 2 is 0.750 bits per heavy atom. The molecule has 10 aromatic carbocycles. The van der Waals surface area contributed by atoms with Crippen molar-refractivity contribution in [2.45, 2.75) is 5.41 Å². The summed E-state index contributed by atoms with van der Waals surface area (Å²) >= 11 is 0. The molecule has 1 aliphatic carbocycles. The summed E-state index contributed by atoms with van der Waals surface area (Å²) in [6.07, 6.45) is 0. The third-order valence-corrected chi connectivity index (χ3v) is 12.3. The van der Waals surface area contributed by atoms with Crippen molar-refractivity contribution in [2.75, 3.05) is 4.90 Å². The summed E-state index contributed by atoms with van der Waals surface area (Å²) in [7, 11) is 0. The molecule has 60 heavy (non-hydrogen) atoms. The van der Waals surface area contributed by atoms with E-state index >= 15 is 0 Å². The van der Waals surface area contributed by atoms with Crippen LogP contribution in [0.5, 0.6) is 0 Å². The van der Waals surface area contributed by atoms with Crippen molar-refractivity contribution in [3.05, 3.63) is 271 Å². The average Bonchev–Trinajstić information content (AvgIpc) is 3.64. The highest BCUT2D eigenvalue weighted by Crippen LogP contribution is 2.60. The predicted octanol–water partition coefficient (Wildman–Crippen LogP) is 15.7. The number of hydrogen-bond acceptors (Lipinski definition) is 1. The van der Waals surface area contributed by atoms with Crippen LogP contribution in [0.15, 0.2) is 249 Å². The molecule has 0 atom stereocenters. The summed E-state index contributed by atoms with van der Waals surface area (Å²) in [6, 6.07) is 91.2. The van der Waals surface area contributed by atoms with Gasteiger partial charge in [-0.3, -0.25) is 0 Å². The zero-order chi connectivity index (χ0) is 39.9. The first-order valence-electron chi connectivity index (χ1n) is 20.8. The maximum atomic E-state index is 2.55. The van der Waals surface area contributed by atoms with Gasteiger partial charge in [-0.05, 0) is 85.1 Å². The van der Waals surface area contributed by atoms with Gasteiger partial charge in [-0.15, -0.1) is 0 Å². The second-order valence-corrected chi connectivity index (χ2v) is 15.6. The molecule has 10 aromatic rings. The van der Waals surface area contributed by atoms with Crippen molar-refractivity contribution in [3.8, 4) is 44.5 Å². The van der Waals surface area contributed by atoms with E-state index < -0.39 is 5.41 Å². The molecule has 0 unspecified atom stereocenters. The lowest BCUT2D eigenvalue weighted by Gasteiger charge is -2.35. The van der Waals surface area contributed by atoms with Crippen LogP contribution in [0.25, 0.3) is 55.3 Å². The molecule has 11 rings (SSSR count). The highest BCUT2D eigenvalue weighted by molar-refractivity contribution is 6.02. The predicted molar refractivity (Wildman–Crippen MR) is 252 cm³/mol. The Morgan fingerprint density at radius 3 is 1.43 bits per heavy atom. The van der Waals surface area contributed by atoms with Crippen LogP contribution in [0, 0.1) is 0 Å². The van der Waals surface area contributed by atoms with E-state index in [-0.39, 0.29) is 0 Å². The molecule has 1 aliphatic rings. The van der Waals surface area contributed by atoms with Gasteiger partial charge in [0.2, 0.25) is 0 Å². The Balaban J connectivity index is 1.26. The second kappa shape index (κ2) is 14.9. The number of para-hydroxylation sites is 1. The summed E-state index contributed by atoms with van der Waals surface area (Å²) < 4.78 is 0. The van der Waals surface area contributed by atoms with Crippen molar-refractivity contribution in [3.63, 3.8) is 0 Å². The highest BCUT2D eigenvalue weighted by Gasteiger charge is 2.47. The molecule has 1 heteroatoms. The largest absolute Gasteiger partial charge is 0.309 e. The molecule has 1 nitrogen and oxygen atoms in total. The monoisotopic (exact) mass is 763 g/mol. The summed E-state index contributed by atoms with van der Waals surface area (Å²) in [5.74, 6) is 0. The zero-order valence-electron chi connectivity index (χ0n) is 33.1. The molecule has 0 saturated heterocycles. The number of rotatable bonds is 8. The van der Waals surface area contributed by atoms with E-state index in [2.05, 4.69) is 254 Å². The first-order valence-corrected chi connectivity index (χ1v) is 20.8. The van der Waals surface area contributed by atoms with Crippen LogP contribution in [0.4, 0.5) is 17.1 Å². The first kappa shape index (κ1) is 35.4. The van der Waals surface area contributed by atoms with Crippen LogP contribution in [0.2, 0.25) is 0 Å². The average molecular weight is 764 g/mol. The Kier molecular flexibility index (Phi) is 8.79. The quantitative estimate of drug-likeness (QED) is 0.149. The summed E-state index contributed by atoms with van der Waals surface area (Å²) in [5.41, 5.74) is 17.3. The van der Waals surface area contributed by atoms with Gasteiger partial charge in [0.15, 0.2) is 0 Å². The van der Waals surface area contributed by atoms with Crippen LogP contribution >= 0.6 is 0 Å². The molecule has 0 heterocycles. The van der Waals surface area contributed by atoms with Crippen molar-refractivity contribution in [2.24, 2.45) is 0 Å². The van der Waals surface area contributed by atoms with E-state index in [0.717, 1.165) is 39.3 Å². The topological polar surface area (TPSA) is 3.24 Å². The molecule has 0 N–H and O–H groups in total. The molecule has 0 saturated carbocycles. The number of benzene rings is 10. The van der Waals surface area contributed by atoms with Gasteiger partial charge in [0.1, 0.15) is 0 Å². The number of nitrogens with zero attached hydrogens (tertiary/aromatic N) is 1. The molecule has 0 fully saturated rings. The van der Waals surface area contributed by atoms with Gasteiger partial charge in [0.05, 0.1) is 22.5 Å². The molecule has 0 spiro atoms. The minimum absolute atomic E-state index is 0.537. The number of hydrogen-bond donors (Lipinski definition) is 0. The molecular formula is C59H41N. The lowest BCUT2D eigenvalue weighted by molar-refractivity contribution is 0.768. The van der Waals surface area contributed by atoms with Gasteiger partial charge < -0.3 is 4.90 Å². The van der Waals surface area contributed by atoms with Gasteiger partial charge in [-0.25, -0.2) is 0 Å². The van der Waals surface area contributed by atoms with Crippen LogP contribution in [-0.4, -0.2) is 0 Å². The van der Waals surface area contributed by atoms with E-state index in [0.29, 0.717) is 0 Å². The third-order valence-electron chi connectivity index (χ3n) is 12.3. The maximum Gasteiger partial charge on any atom is 0.0714 e. The Morgan fingerprint density at radius 1 is 0.267 bits per heavy atom. The second-order valence-electron chi connectivity index (χ2n) is 15.6. The minimum atomic E-state index is -0.537. The first-order chi connectivity index (χ1) is 29.8. The normalized spacial score (nSPS) is 12.5. The van der Waals surface area contributed by atoms with Crippen molar-refractivity contribution in [1.29, 1.82) is 0 Å². The lowest BCUT2D eigenvalue weighted by Crippen LogP contribution is -2.28. The fourth-order valence-electron chi connectivity index (χ4n) is 9.71. The molecule has 0 aromatic heterocycles. The molecule has 0 aliphatic heterocycles. The molecular weight excluding hydrogens is 723 g/mol. The minimum Gasteiger partial charge on any atom is -0.309 e. The smallest absolute Gasteiger partial charge is 0.0714 e. The van der Waals surface area contributed by atoms with Gasteiger partial charge >= 0.3 is 0 Å². The standard InChI is InChI=1S/C59H41N/c1-5-21-43(22-6-1)50-30-16-18-34-55(50)60(57-41-47(38-39-51(57)44-23-7-2-8-24-44)46-37-36-42-20-13-14-25-45(42)40-46)56-35-19-33-54-58(56)52-31-15-17-32-53(52)59(54,48-26-9-3-10-27-48)49-28-11-4-12-29-49/h1-41H. The van der Waals surface area contributed by atoms with Crippen LogP contribution in [0.3, 0.4) is 0 Å². The van der Waals surface area contributed by atoms with Gasteiger partial charge in [-0.1, -0.05) is 224 Å². The molecule has 282 valence electrons. The molecule has 0 bridgehead atoms. The number of fused-ring (bicyclic) bond motifs is 4. The van der Waals surface area contributed by atoms with Crippen molar-refractivity contribution >= 4 is 27.8 Å². The van der Waals surface area contributed by atoms with E-state index in [4.69, 9.17) is 0 Å². The fourth-order valence-corrected chi connectivity index (χ4v) is 9.71. The molecule has 0 radical (unpaired) electrons. The van der Waals surface area contributed by atoms with Gasteiger partial charge in [0.25, 0.3) is 0 Å². The third kappa shape index (κ3) is 5.78. The molecule has 0 amide bonds. The van der Waals surface area contributed by atoms with Gasteiger partial charge in [-0.2, -0.15) is 0 Å². The maximum absolute atomic E-state index is 2.55. The van der Waals surface area contributed by atoms with Crippen LogP contribution < -0.4 is 4.90 Å². The Hall–Kier alpha value is -7.74. The fraction of sp³-hybridized carbons (Fsp3) is 0.0169. The van der Waals surface area contributed by atoms with E-state index in [1.165, 1.54) is 55.3 Å². The summed E-state index contributed by atoms with van der Waals surface area (Å²) in [4.78, 5) is 2.55. The lowest BCUT2D eigenvalue weighted by atomic mass is 9.68. The van der Waals surface area contributed by atoms with E-state index in [1.807, 2.05) is 0 Å². The Bertz CT molecular complexity index is 3090. The highest BCUT2D eigenvalue weighted by atomic mass is 15.2. The van der Waals surface area contributed by atoms with E-state index in [1.54, 1.807) is 0 Å². The van der Waals surface area contributed by atoms with Crippen LogP contribution in [-0.2, 0) is 5.41 Å². The van der Waals surface area contributed by atoms with Crippen molar-refractivity contribution in [1.82, 2.24) is 0 Å². The SMILES string of the molecule is c1ccc(-c2ccccc2N(c2cc(-c3ccc4ccccc4c3)ccc2-c2ccccc2)c2cccc3c2-c2ccccc2C3(c2ccccc2)c2ccccc2)cc1. The van der Waals surface area contributed by atoms with Crippen LogP contribution in [0.1, 0.15) is 22.3 Å². The Labute approximate surface area is 352 Å².